The summed E-state index contributed by atoms with van der Waals surface area (Å²) in [5, 5.41) is 0. The van der Waals surface area contributed by atoms with E-state index >= 15 is 0 Å². The fourth-order valence-corrected chi connectivity index (χ4v) is 3.26. The lowest BCUT2D eigenvalue weighted by atomic mass is 9.68. The lowest BCUT2D eigenvalue weighted by Crippen LogP contribution is -2.50. The molecule has 2 nitrogen and oxygen atoms in total. The molecule has 0 spiro atoms. The van der Waals surface area contributed by atoms with Crippen LogP contribution >= 0.6 is 0 Å². The first kappa shape index (κ1) is 12.9. The molecular weight excluding hydrogens is 246 g/mol. The Bertz CT molecular complexity index is 552. The van der Waals surface area contributed by atoms with Gasteiger partial charge in [-0.05, 0) is 24.0 Å². The van der Waals surface area contributed by atoms with Crippen molar-refractivity contribution >= 4 is 5.91 Å². The van der Waals surface area contributed by atoms with Gasteiger partial charge in [0.2, 0.25) is 5.91 Å². The van der Waals surface area contributed by atoms with E-state index in [1.807, 2.05) is 48.3 Å². The molecule has 0 atom stereocenters. The van der Waals surface area contributed by atoms with Gasteiger partial charge in [-0.3, -0.25) is 4.79 Å². The minimum atomic E-state index is -0.518. The molecule has 0 radical (unpaired) electrons. The zero-order valence-corrected chi connectivity index (χ0v) is 11.8. The minimum absolute atomic E-state index is 0.209. The highest BCUT2D eigenvalue weighted by Gasteiger charge is 2.45. The van der Waals surface area contributed by atoms with Gasteiger partial charge in [0.15, 0.2) is 0 Å². The van der Waals surface area contributed by atoms with Crippen molar-refractivity contribution in [3.63, 3.8) is 0 Å². The van der Waals surface area contributed by atoms with E-state index < -0.39 is 5.41 Å². The first-order chi connectivity index (χ1) is 9.75. The minimum Gasteiger partial charge on any atom is -0.345 e. The van der Waals surface area contributed by atoms with Crippen LogP contribution < -0.4 is 0 Å². The van der Waals surface area contributed by atoms with Gasteiger partial charge < -0.3 is 4.90 Å². The van der Waals surface area contributed by atoms with Crippen molar-refractivity contribution in [3.8, 4) is 0 Å². The molecule has 0 aliphatic carbocycles. The maximum absolute atomic E-state index is 13.0. The molecule has 0 unspecified atom stereocenters. The van der Waals surface area contributed by atoms with Crippen molar-refractivity contribution in [1.82, 2.24) is 4.90 Å². The van der Waals surface area contributed by atoms with Crippen molar-refractivity contribution < 1.29 is 4.79 Å². The zero-order valence-electron chi connectivity index (χ0n) is 11.8. The monoisotopic (exact) mass is 265 g/mol. The van der Waals surface area contributed by atoms with Crippen molar-refractivity contribution in [2.75, 3.05) is 13.6 Å². The molecule has 2 heteroatoms. The van der Waals surface area contributed by atoms with Crippen LogP contribution in [0.3, 0.4) is 0 Å². The molecule has 0 N–H and O–H groups in total. The molecule has 2 aromatic rings. The van der Waals surface area contributed by atoms with Gasteiger partial charge in [0.1, 0.15) is 0 Å². The Hall–Kier alpha value is -2.09. The second kappa shape index (κ2) is 5.12. The van der Waals surface area contributed by atoms with Gasteiger partial charge in [0.05, 0.1) is 5.41 Å². The first-order valence-electron chi connectivity index (χ1n) is 7.12. The van der Waals surface area contributed by atoms with Crippen LogP contribution in [0.2, 0.25) is 0 Å². The third-order valence-corrected chi connectivity index (χ3v) is 4.29. The fourth-order valence-electron chi connectivity index (χ4n) is 3.26. The van der Waals surface area contributed by atoms with Gasteiger partial charge in [0, 0.05) is 13.6 Å². The summed E-state index contributed by atoms with van der Waals surface area (Å²) in [6.45, 7) is 0.847. The molecule has 1 aliphatic heterocycles. The highest BCUT2D eigenvalue weighted by Crippen LogP contribution is 2.40. The molecule has 1 heterocycles. The molecule has 1 saturated heterocycles. The standard InChI is InChI=1S/C18H19NO/c1-19-14-8-13-18(17(19)20,15-9-4-2-5-10-15)16-11-6-3-7-12-16/h2-7,9-12H,8,13-14H2,1H3. The molecule has 1 amide bonds. The third kappa shape index (κ3) is 1.92. The van der Waals surface area contributed by atoms with E-state index in [4.69, 9.17) is 0 Å². The van der Waals surface area contributed by atoms with Crippen molar-refractivity contribution in [2.45, 2.75) is 18.3 Å². The lowest BCUT2D eigenvalue weighted by Gasteiger charge is -2.41. The van der Waals surface area contributed by atoms with E-state index in [0.717, 1.165) is 30.5 Å². The van der Waals surface area contributed by atoms with Crippen LogP contribution in [0.5, 0.6) is 0 Å². The van der Waals surface area contributed by atoms with Crippen LogP contribution in [-0.4, -0.2) is 24.4 Å². The Labute approximate surface area is 120 Å². The van der Waals surface area contributed by atoms with Gasteiger partial charge in [-0.15, -0.1) is 0 Å². The molecule has 0 bridgehead atoms. The summed E-state index contributed by atoms with van der Waals surface area (Å²) < 4.78 is 0. The van der Waals surface area contributed by atoms with Crippen LogP contribution in [0.15, 0.2) is 60.7 Å². The van der Waals surface area contributed by atoms with Gasteiger partial charge in [-0.25, -0.2) is 0 Å². The van der Waals surface area contributed by atoms with Crippen LogP contribution in [0.4, 0.5) is 0 Å². The summed E-state index contributed by atoms with van der Waals surface area (Å²) in [6.07, 6.45) is 1.91. The number of likely N-dealkylation sites (N-methyl/N-ethyl adjacent to an activating group) is 1. The largest absolute Gasteiger partial charge is 0.345 e. The first-order valence-corrected chi connectivity index (χ1v) is 7.12. The van der Waals surface area contributed by atoms with Gasteiger partial charge in [0.25, 0.3) is 0 Å². The summed E-state index contributed by atoms with van der Waals surface area (Å²) >= 11 is 0. The number of likely N-dealkylation sites (tertiary alicyclic amines) is 1. The summed E-state index contributed by atoms with van der Waals surface area (Å²) in [5.74, 6) is 0.209. The smallest absolute Gasteiger partial charge is 0.237 e. The maximum atomic E-state index is 13.0. The number of piperidine rings is 1. The average Bonchev–Trinajstić information content (AvgIpc) is 2.52. The van der Waals surface area contributed by atoms with Crippen LogP contribution in [-0.2, 0) is 10.2 Å². The highest BCUT2D eigenvalue weighted by atomic mass is 16.2. The van der Waals surface area contributed by atoms with Gasteiger partial charge in [-0.2, -0.15) is 0 Å². The summed E-state index contributed by atoms with van der Waals surface area (Å²) in [5.41, 5.74) is 1.68. The number of benzene rings is 2. The number of carbonyl (C=O) groups excluding carboxylic acids is 1. The predicted molar refractivity (Wildman–Crippen MR) is 80.5 cm³/mol. The predicted octanol–water partition coefficient (Wildman–Crippen LogP) is 3.22. The van der Waals surface area contributed by atoms with Crippen LogP contribution in [0.25, 0.3) is 0 Å². The van der Waals surface area contributed by atoms with E-state index in [2.05, 4.69) is 24.3 Å². The van der Waals surface area contributed by atoms with E-state index in [9.17, 15) is 4.79 Å². The van der Waals surface area contributed by atoms with Crippen molar-refractivity contribution in [1.29, 1.82) is 0 Å². The lowest BCUT2D eigenvalue weighted by molar-refractivity contribution is -0.137. The summed E-state index contributed by atoms with van der Waals surface area (Å²) in [6, 6.07) is 20.4. The molecule has 2 aromatic carbocycles. The molecule has 20 heavy (non-hydrogen) atoms. The van der Waals surface area contributed by atoms with Gasteiger partial charge >= 0.3 is 0 Å². The number of hydrogen-bond acceptors (Lipinski definition) is 1. The number of hydrogen-bond donors (Lipinski definition) is 0. The van der Waals surface area contributed by atoms with Crippen molar-refractivity contribution in [3.05, 3.63) is 71.8 Å². The van der Waals surface area contributed by atoms with E-state index in [0.29, 0.717) is 0 Å². The fraction of sp³-hybridized carbons (Fsp3) is 0.278. The number of carbonyl (C=O) groups is 1. The Morgan fingerprint density at radius 3 is 1.90 bits per heavy atom. The number of nitrogens with zero attached hydrogens (tertiary/aromatic N) is 1. The van der Waals surface area contributed by atoms with Crippen LogP contribution in [0, 0.1) is 0 Å². The highest BCUT2D eigenvalue weighted by molar-refractivity contribution is 5.92. The molecular formula is C18H19NO. The van der Waals surface area contributed by atoms with E-state index in [1.165, 1.54) is 0 Å². The SMILES string of the molecule is CN1CCCC(c2ccccc2)(c2ccccc2)C1=O. The van der Waals surface area contributed by atoms with E-state index in [-0.39, 0.29) is 5.91 Å². The summed E-state index contributed by atoms with van der Waals surface area (Å²) in [4.78, 5) is 14.8. The Kier molecular flexibility index (Phi) is 3.31. The normalized spacial score (nSPS) is 18.1. The number of rotatable bonds is 2. The Morgan fingerprint density at radius 2 is 1.40 bits per heavy atom. The van der Waals surface area contributed by atoms with Crippen LogP contribution in [0.1, 0.15) is 24.0 Å². The summed E-state index contributed by atoms with van der Waals surface area (Å²) in [7, 11) is 1.90. The number of amides is 1. The second-order valence-electron chi connectivity index (χ2n) is 5.47. The third-order valence-electron chi connectivity index (χ3n) is 4.29. The molecule has 1 aliphatic rings. The average molecular weight is 265 g/mol. The molecule has 0 saturated carbocycles. The maximum Gasteiger partial charge on any atom is 0.237 e. The molecule has 1 fully saturated rings. The second-order valence-corrected chi connectivity index (χ2v) is 5.47. The van der Waals surface area contributed by atoms with Gasteiger partial charge in [-0.1, -0.05) is 60.7 Å². The Morgan fingerprint density at radius 1 is 0.900 bits per heavy atom. The molecule has 102 valence electrons. The molecule has 0 aromatic heterocycles. The molecule has 3 rings (SSSR count). The topological polar surface area (TPSA) is 20.3 Å². The van der Waals surface area contributed by atoms with Crippen molar-refractivity contribution in [2.24, 2.45) is 0 Å². The Balaban J connectivity index is 2.20. The van der Waals surface area contributed by atoms with E-state index in [1.54, 1.807) is 0 Å². The quantitative estimate of drug-likeness (QED) is 0.816. The zero-order chi connectivity index (χ0) is 14.0.